The second-order valence-electron chi connectivity index (χ2n) is 6.78. The van der Waals surface area contributed by atoms with Gasteiger partial charge in [0.05, 0.1) is 22.5 Å². The number of carboxylic acid groups (broad SMARTS) is 1. The zero-order chi connectivity index (χ0) is 20.5. The summed E-state index contributed by atoms with van der Waals surface area (Å²) in [6.07, 6.45) is 0. The molecule has 1 fully saturated rings. The summed E-state index contributed by atoms with van der Waals surface area (Å²) in [6.45, 7) is 2.39. The zero-order valence-corrected chi connectivity index (χ0v) is 15.3. The number of pyridine rings is 1. The first kappa shape index (κ1) is 18.7. The maximum Gasteiger partial charge on any atom is 0.343 e. The fourth-order valence-corrected chi connectivity index (χ4v) is 3.62. The first-order valence-electron chi connectivity index (χ1n) is 9.08. The highest BCUT2D eigenvalue weighted by Crippen LogP contribution is 2.30. The molecule has 1 aromatic heterocycles. The number of carbonyl (C=O) groups is 1. The Hall–Kier alpha value is -3.70. The van der Waals surface area contributed by atoms with Crippen molar-refractivity contribution < 1.29 is 14.3 Å². The van der Waals surface area contributed by atoms with Gasteiger partial charge < -0.3 is 20.3 Å². The predicted molar refractivity (Wildman–Crippen MR) is 107 cm³/mol. The number of carboxylic acids is 1. The van der Waals surface area contributed by atoms with E-state index < -0.39 is 22.8 Å². The molecule has 1 aliphatic rings. The molecule has 4 rings (SSSR count). The summed E-state index contributed by atoms with van der Waals surface area (Å²) in [6, 6.07) is 10.9. The number of benzene rings is 2. The highest BCUT2D eigenvalue weighted by Gasteiger charge is 2.25. The molecule has 1 saturated heterocycles. The molecule has 7 nitrogen and oxygen atoms in total. The number of halogens is 1. The zero-order valence-electron chi connectivity index (χ0n) is 15.3. The van der Waals surface area contributed by atoms with Gasteiger partial charge >= 0.3 is 5.97 Å². The maximum atomic E-state index is 14.3. The van der Waals surface area contributed by atoms with Crippen LogP contribution in [0.25, 0.3) is 22.0 Å². The van der Waals surface area contributed by atoms with Crippen LogP contribution < -0.4 is 15.6 Å². The Morgan fingerprint density at radius 2 is 1.86 bits per heavy atom. The molecule has 0 bridgehead atoms. The van der Waals surface area contributed by atoms with Crippen molar-refractivity contribution in [3.05, 3.63) is 63.6 Å². The number of aromatic nitrogens is 1. The standard InChI is InChI=1S/C21H17FN4O3/c22-14-9-15(13-3-1-12(11-23)2-4-13)18-16(10-14)19(27)17(21(28)29)20(25-18)26-7-5-24-6-8-26/h1-4,9-10,24H,5-8H2,(H,25,27)(H,28,29). The molecule has 0 unspecified atom stereocenters. The van der Waals surface area contributed by atoms with E-state index in [1.165, 1.54) is 6.07 Å². The molecule has 3 aromatic rings. The second-order valence-corrected chi connectivity index (χ2v) is 6.78. The van der Waals surface area contributed by atoms with Gasteiger partial charge in [-0.3, -0.25) is 4.79 Å². The van der Waals surface area contributed by atoms with E-state index in [1.807, 2.05) is 11.0 Å². The summed E-state index contributed by atoms with van der Waals surface area (Å²) in [4.78, 5) is 29.8. The van der Waals surface area contributed by atoms with E-state index in [1.54, 1.807) is 24.3 Å². The van der Waals surface area contributed by atoms with Crippen LogP contribution in [0.3, 0.4) is 0 Å². The number of hydrogen-bond donors (Lipinski definition) is 3. The molecular weight excluding hydrogens is 375 g/mol. The van der Waals surface area contributed by atoms with Gasteiger partial charge in [-0.05, 0) is 29.8 Å². The number of nitrogens with zero attached hydrogens (tertiary/aromatic N) is 2. The Labute approximate surface area is 165 Å². The first-order valence-corrected chi connectivity index (χ1v) is 9.08. The summed E-state index contributed by atoms with van der Waals surface area (Å²) in [5, 5.41) is 21.8. The Kier molecular flexibility index (Phi) is 4.74. The second kappa shape index (κ2) is 7.37. The number of anilines is 1. The van der Waals surface area contributed by atoms with E-state index >= 15 is 0 Å². The van der Waals surface area contributed by atoms with Crippen LogP contribution in [0.2, 0.25) is 0 Å². The van der Waals surface area contributed by atoms with Crippen LogP contribution in [0, 0.1) is 17.1 Å². The van der Waals surface area contributed by atoms with Gasteiger partial charge in [-0.1, -0.05) is 12.1 Å². The summed E-state index contributed by atoms with van der Waals surface area (Å²) in [5.74, 6) is -1.78. The van der Waals surface area contributed by atoms with Crippen LogP contribution in [-0.4, -0.2) is 42.2 Å². The Morgan fingerprint density at radius 1 is 1.17 bits per heavy atom. The third-order valence-electron chi connectivity index (χ3n) is 5.03. The summed E-state index contributed by atoms with van der Waals surface area (Å²) in [7, 11) is 0. The smallest absolute Gasteiger partial charge is 0.343 e. The lowest BCUT2D eigenvalue weighted by Gasteiger charge is -2.30. The molecule has 2 aromatic carbocycles. The molecule has 0 amide bonds. The van der Waals surface area contributed by atoms with Crippen LogP contribution in [0.15, 0.2) is 41.2 Å². The van der Waals surface area contributed by atoms with Gasteiger partial charge in [0.25, 0.3) is 0 Å². The SMILES string of the molecule is N#Cc1ccc(-c2cc(F)cc3c(=O)c(C(=O)O)c(N4CCNCC4)[nH]c23)cc1. The highest BCUT2D eigenvalue weighted by molar-refractivity contribution is 6.02. The van der Waals surface area contributed by atoms with E-state index in [2.05, 4.69) is 10.3 Å². The molecule has 146 valence electrons. The Balaban J connectivity index is 2.02. The average molecular weight is 392 g/mol. The van der Waals surface area contributed by atoms with Gasteiger partial charge in [0.2, 0.25) is 5.43 Å². The molecule has 0 aliphatic carbocycles. The number of aromatic amines is 1. The van der Waals surface area contributed by atoms with Crippen LogP contribution >= 0.6 is 0 Å². The van der Waals surface area contributed by atoms with Gasteiger partial charge in [-0.2, -0.15) is 5.26 Å². The predicted octanol–water partition coefficient (Wildman–Crippen LogP) is 2.31. The molecule has 1 aliphatic heterocycles. The molecule has 0 radical (unpaired) electrons. The van der Waals surface area contributed by atoms with Crippen molar-refractivity contribution >= 4 is 22.7 Å². The number of rotatable bonds is 3. The minimum atomic E-state index is -1.36. The number of aromatic carboxylic acids is 1. The van der Waals surface area contributed by atoms with Crippen LogP contribution in [0.4, 0.5) is 10.2 Å². The van der Waals surface area contributed by atoms with E-state index in [0.29, 0.717) is 48.4 Å². The number of hydrogen-bond acceptors (Lipinski definition) is 5. The van der Waals surface area contributed by atoms with Crippen molar-refractivity contribution in [2.75, 3.05) is 31.1 Å². The minimum absolute atomic E-state index is 0.0272. The number of H-pyrrole nitrogens is 1. The molecule has 2 heterocycles. The van der Waals surface area contributed by atoms with Gasteiger partial charge in [0.15, 0.2) is 0 Å². The summed E-state index contributed by atoms with van der Waals surface area (Å²) >= 11 is 0. The highest BCUT2D eigenvalue weighted by atomic mass is 19.1. The van der Waals surface area contributed by atoms with Crippen molar-refractivity contribution in [3.8, 4) is 17.2 Å². The summed E-state index contributed by atoms with van der Waals surface area (Å²) in [5.41, 5.74) is 0.732. The van der Waals surface area contributed by atoms with Crippen LogP contribution in [0.5, 0.6) is 0 Å². The topological polar surface area (TPSA) is 109 Å². The lowest BCUT2D eigenvalue weighted by atomic mass is 9.99. The molecular formula is C21H17FN4O3. The number of piperazine rings is 1. The largest absolute Gasteiger partial charge is 0.477 e. The van der Waals surface area contributed by atoms with Gasteiger partial charge in [0.1, 0.15) is 17.2 Å². The van der Waals surface area contributed by atoms with E-state index in [4.69, 9.17) is 5.26 Å². The van der Waals surface area contributed by atoms with Crippen molar-refractivity contribution in [1.82, 2.24) is 10.3 Å². The number of nitrogens with one attached hydrogen (secondary N) is 2. The quantitative estimate of drug-likeness (QED) is 0.631. The normalized spacial score (nSPS) is 14.0. The fourth-order valence-electron chi connectivity index (χ4n) is 3.62. The fraction of sp³-hybridized carbons (Fsp3) is 0.190. The van der Waals surface area contributed by atoms with Crippen LogP contribution in [0.1, 0.15) is 15.9 Å². The number of fused-ring (bicyclic) bond motifs is 1. The van der Waals surface area contributed by atoms with Crippen molar-refractivity contribution in [2.45, 2.75) is 0 Å². The molecule has 0 saturated carbocycles. The maximum absolute atomic E-state index is 14.3. The van der Waals surface area contributed by atoms with Crippen molar-refractivity contribution in [1.29, 1.82) is 5.26 Å². The monoisotopic (exact) mass is 392 g/mol. The third-order valence-corrected chi connectivity index (χ3v) is 5.03. The lowest BCUT2D eigenvalue weighted by molar-refractivity contribution is 0.0696. The minimum Gasteiger partial charge on any atom is -0.477 e. The van der Waals surface area contributed by atoms with Crippen molar-refractivity contribution in [3.63, 3.8) is 0 Å². The van der Waals surface area contributed by atoms with Gasteiger partial charge in [0, 0.05) is 31.7 Å². The van der Waals surface area contributed by atoms with Crippen molar-refractivity contribution in [2.24, 2.45) is 0 Å². The van der Waals surface area contributed by atoms with Crippen LogP contribution in [-0.2, 0) is 0 Å². The molecule has 3 N–H and O–H groups in total. The molecule has 0 spiro atoms. The first-order chi connectivity index (χ1) is 14.0. The lowest BCUT2D eigenvalue weighted by Crippen LogP contribution is -2.45. The molecule has 0 atom stereocenters. The molecule has 29 heavy (non-hydrogen) atoms. The summed E-state index contributed by atoms with van der Waals surface area (Å²) < 4.78 is 14.3. The third kappa shape index (κ3) is 3.32. The van der Waals surface area contributed by atoms with E-state index in [9.17, 15) is 19.1 Å². The number of nitriles is 1. The molecule has 8 heteroatoms. The van der Waals surface area contributed by atoms with Gasteiger partial charge in [-0.15, -0.1) is 0 Å². The Morgan fingerprint density at radius 3 is 2.48 bits per heavy atom. The average Bonchev–Trinajstić information content (AvgIpc) is 2.74. The van der Waals surface area contributed by atoms with E-state index in [0.717, 1.165) is 6.07 Å². The Bertz CT molecular complexity index is 1210. The van der Waals surface area contributed by atoms with Gasteiger partial charge in [-0.25, -0.2) is 9.18 Å². The van der Waals surface area contributed by atoms with E-state index in [-0.39, 0.29) is 11.2 Å².